The lowest BCUT2D eigenvalue weighted by atomic mass is 10.2. The first-order valence-corrected chi connectivity index (χ1v) is 2.17. The Balaban J connectivity index is 3.82. The Hall–Kier alpha value is -0.590. The van der Waals surface area contributed by atoms with Crippen LogP contribution in [0.3, 0.4) is 0 Å². The third-order valence-corrected chi connectivity index (χ3v) is 0.801. The second kappa shape index (κ2) is 2.56. The summed E-state index contributed by atoms with van der Waals surface area (Å²) in [6, 6.07) is 0. The second-order valence-corrected chi connectivity index (χ2v) is 1.37. The molecule has 0 aliphatic rings. The molecular weight excluding hydrogens is 88.1 g/mol. The first-order chi connectivity index (χ1) is 3.18. The van der Waals surface area contributed by atoms with E-state index in [0.717, 1.165) is 0 Å². The molecule has 0 aromatic heterocycles. The summed E-state index contributed by atoms with van der Waals surface area (Å²) in [6.45, 7) is 6.77. The van der Waals surface area contributed by atoms with Gasteiger partial charge in [0.2, 0.25) is 0 Å². The summed E-state index contributed by atoms with van der Waals surface area (Å²) in [5.74, 6) is 0.0440. The predicted octanol–water partition coefficient (Wildman–Crippen LogP) is 1.36. The van der Waals surface area contributed by atoms with E-state index in [4.69, 9.17) is 0 Å². The molecule has 0 amide bonds. The quantitative estimate of drug-likeness (QED) is 0.451. The number of hydrogen-bond donors (Lipinski definition) is 0. The molecule has 0 heterocycles. The van der Waals surface area contributed by atoms with Gasteiger partial charge in [0, 0.05) is 0 Å². The van der Waals surface area contributed by atoms with Crippen molar-refractivity contribution in [2.45, 2.75) is 13.8 Å². The highest BCUT2D eigenvalue weighted by Gasteiger charge is 1.89. The van der Waals surface area contributed by atoms with Gasteiger partial charge >= 0.3 is 0 Å². The van der Waals surface area contributed by atoms with Gasteiger partial charge in [0.25, 0.3) is 0 Å². The van der Waals surface area contributed by atoms with E-state index in [1.165, 1.54) is 6.92 Å². The van der Waals surface area contributed by atoms with Gasteiger partial charge in [-0.05, 0) is 26.3 Å². The molecule has 0 spiro atoms. The Bertz CT molecular complexity index is 101. The molecule has 0 aromatic rings. The third kappa shape index (κ3) is 2.15. The Morgan fingerprint density at radius 2 is 2.14 bits per heavy atom. The minimum atomic E-state index is 0.0440. The lowest BCUT2D eigenvalue weighted by molar-refractivity contribution is -0.113. The largest absolute Gasteiger partial charge is 0.295 e. The smallest absolute Gasteiger partial charge is 0.155 e. The number of Topliss-reactive ketones (excluding diaryl/α,β-unsaturated/α-hetero) is 1. The fraction of sp³-hybridized carbons (Fsp3) is 0.333. The standard InChI is InChI=1S/C6H9O/c1-4-5(2)6(3)7/h4H,2H2,1,3H3/b5-4-. The Morgan fingerprint density at radius 3 is 2.14 bits per heavy atom. The molecule has 0 N–H and O–H groups in total. The van der Waals surface area contributed by atoms with Crippen molar-refractivity contribution in [1.82, 2.24) is 0 Å². The molecule has 1 radical (unpaired) electrons. The van der Waals surface area contributed by atoms with Crippen molar-refractivity contribution < 1.29 is 4.79 Å². The predicted molar refractivity (Wildman–Crippen MR) is 29.8 cm³/mol. The van der Waals surface area contributed by atoms with Crippen LogP contribution in [0.1, 0.15) is 13.8 Å². The molecule has 0 fully saturated rings. The highest BCUT2D eigenvalue weighted by atomic mass is 16.1. The molecule has 0 atom stereocenters. The van der Waals surface area contributed by atoms with E-state index in [2.05, 4.69) is 6.92 Å². The highest BCUT2D eigenvalue weighted by molar-refractivity contribution is 5.94. The summed E-state index contributed by atoms with van der Waals surface area (Å²) in [6.07, 6.45) is 1.70. The molecule has 0 unspecified atom stereocenters. The van der Waals surface area contributed by atoms with Crippen molar-refractivity contribution in [3.8, 4) is 0 Å². The van der Waals surface area contributed by atoms with Crippen molar-refractivity contribution in [1.29, 1.82) is 0 Å². The normalized spacial score (nSPS) is 11.6. The lowest BCUT2D eigenvalue weighted by Crippen LogP contribution is -1.88. The van der Waals surface area contributed by atoms with Crippen molar-refractivity contribution >= 4 is 5.78 Å². The van der Waals surface area contributed by atoms with Crippen LogP contribution in [-0.2, 0) is 4.79 Å². The van der Waals surface area contributed by atoms with E-state index in [9.17, 15) is 4.79 Å². The first kappa shape index (κ1) is 6.41. The zero-order valence-corrected chi connectivity index (χ0v) is 4.69. The molecular formula is C6H9O. The Kier molecular flexibility index (Phi) is 2.34. The molecule has 1 nitrogen and oxygen atoms in total. The number of allylic oxidation sites excluding steroid dienone is 2. The zero-order chi connectivity index (χ0) is 5.86. The van der Waals surface area contributed by atoms with Crippen LogP contribution in [0.15, 0.2) is 11.6 Å². The van der Waals surface area contributed by atoms with Gasteiger partial charge in [-0.2, -0.15) is 0 Å². The van der Waals surface area contributed by atoms with Crippen molar-refractivity contribution in [3.63, 3.8) is 0 Å². The van der Waals surface area contributed by atoms with Crippen LogP contribution in [0.4, 0.5) is 0 Å². The summed E-state index contributed by atoms with van der Waals surface area (Å²) in [5.41, 5.74) is 0.583. The SMILES string of the molecule is [CH2]/C(=C/C)C(C)=O. The number of rotatable bonds is 1. The van der Waals surface area contributed by atoms with Gasteiger partial charge in [-0.1, -0.05) is 6.08 Å². The van der Waals surface area contributed by atoms with Crippen LogP contribution in [-0.4, -0.2) is 5.78 Å². The zero-order valence-electron chi connectivity index (χ0n) is 4.69. The summed E-state index contributed by atoms with van der Waals surface area (Å²) in [5, 5.41) is 0. The summed E-state index contributed by atoms with van der Waals surface area (Å²) in [4.78, 5) is 10.2. The molecule has 0 aromatic carbocycles. The molecule has 1 heteroatoms. The molecule has 39 valence electrons. The van der Waals surface area contributed by atoms with Gasteiger partial charge < -0.3 is 0 Å². The van der Waals surface area contributed by atoms with Gasteiger partial charge in [0.1, 0.15) is 0 Å². The number of carbonyl (C=O) groups is 1. The van der Waals surface area contributed by atoms with Gasteiger partial charge in [0.15, 0.2) is 5.78 Å². The van der Waals surface area contributed by atoms with Crippen LogP contribution in [0.2, 0.25) is 0 Å². The number of hydrogen-bond acceptors (Lipinski definition) is 1. The summed E-state index contributed by atoms with van der Waals surface area (Å²) in [7, 11) is 0. The van der Waals surface area contributed by atoms with Gasteiger partial charge in [-0.25, -0.2) is 0 Å². The van der Waals surface area contributed by atoms with E-state index < -0.39 is 0 Å². The maximum Gasteiger partial charge on any atom is 0.155 e. The minimum absolute atomic E-state index is 0.0440. The Morgan fingerprint density at radius 1 is 1.71 bits per heavy atom. The van der Waals surface area contributed by atoms with E-state index in [1.54, 1.807) is 13.0 Å². The summed E-state index contributed by atoms with van der Waals surface area (Å²) < 4.78 is 0. The molecule has 0 aliphatic heterocycles. The fourth-order valence-corrected chi connectivity index (χ4v) is 0.203. The van der Waals surface area contributed by atoms with Crippen LogP contribution >= 0.6 is 0 Å². The van der Waals surface area contributed by atoms with Crippen LogP contribution < -0.4 is 0 Å². The van der Waals surface area contributed by atoms with Gasteiger partial charge in [-0.3, -0.25) is 4.79 Å². The van der Waals surface area contributed by atoms with Crippen molar-refractivity contribution in [2.75, 3.05) is 0 Å². The van der Waals surface area contributed by atoms with Crippen LogP contribution in [0.25, 0.3) is 0 Å². The highest BCUT2D eigenvalue weighted by Crippen LogP contribution is 1.89. The van der Waals surface area contributed by atoms with E-state index in [0.29, 0.717) is 5.57 Å². The van der Waals surface area contributed by atoms with Crippen molar-refractivity contribution in [2.24, 2.45) is 0 Å². The van der Waals surface area contributed by atoms with Gasteiger partial charge in [-0.15, -0.1) is 0 Å². The van der Waals surface area contributed by atoms with E-state index in [-0.39, 0.29) is 5.78 Å². The molecule has 0 bridgehead atoms. The maximum atomic E-state index is 10.2. The molecule has 0 rings (SSSR count). The molecule has 0 saturated heterocycles. The first-order valence-electron chi connectivity index (χ1n) is 2.17. The van der Waals surface area contributed by atoms with Crippen LogP contribution in [0.5, 0.6) is 0 Å². The molecule has 7 heavy (non-hydrogen) atoms. The lowest BCUT2D eigenvalue weighted by Gasteiger charge is -1.85. The monoisotopic (exact) mass is 97.1 g/mol. The summed E-state index contributed by atoms with van der Waals surface area (Å²) >= 11 is 0. The number of ketones is 1. The topological polar surface area (TPSA) is 17.1 Å². The maximum absolute atomic E-state index is 10.2. The Labute approximate surface area is 44.0 Å². The fourth-order valence-electron chi connectivity index (χ4n) is 0.203. The van der Waals surface area contributed by atoms with E-state index in [1.807, 2.05) is 0 Å². The van der Waals surface area contributed by atoms with E-state index >= 15 is 0 Å². The minimum Gasteiger partial charge on any atom is -0.295 e. The second-order valence-electron chi connectivity index (χ2n) is 1.37. The average Bonchev–Trinajstić information content (AvgIpc) is 1.65. The van der Waals surface area contributed by atoms with Crippen LogP contribution in [0, 0.1) is 6.92 Å². The number of carbonyl (C=O) groups excluding carboxylic acids is 1. The average molecular weight is 97.1 g/mol. The molecule has 0 aliphatic carbocycles. The third-order valence-electron chi connectivity index (χ3n) is 0.801. The van der Waals surface area contributed by atoms with Gasteiger partial charge in [0.05, 0.1) is 0 Å². The van der Waals surface area contributed by atoms with Crippen molar-refractivity contribution in [3.05, 3.63) is 18.6 Å². The molecule has 0 saturated carbocycles.